The first-order valence-electron chi connectivity index (χ1n) is 8.21. The van der Waals surface area contributed by atoms with Gasteiger partial charge in [0, 0.05) is 33.4 Å². The molecular formula is C18H20Br2N4O3. The predicted molar refractivity (Wildman–Crippen MR) is 113 cm³/mol. The second-order valence-electron chi connectivity index (χ2n) is 5.39. The monoisotopic (exact) mass is 498 g/mol. The van der Waals surface area contributed by atoms with Crippen LogP contribution in [-0.2, 0) is 4.74 Å². The zero-order valence-electron chi connectivity index (χ0n) is 14.4. The smallest absolute Gasteiger partial charge is 0.319 e. The highest BCUT2D eigenvalue weighted by molar-refractivity contribution is 9.10. The average Bonchev–Trinajstić information content (AvgIpc) is 2.65. The summed E-state index contributed by atoms with van der Waals surface area (Å²) in [5.74, 6) is 0. The molecule has 27 heavy (non-hydrogen) atoms. The standard InChI is InChI=1S/C18H20Br2N4O3/c19-13-1-5-15(6-2-13)23-17(25)21-9-11-27-12-10-22-18(26)24-16-7-3-14(20)4-8-16/h1-8H,9-12H2,(H2,21,23,25)(H2,22,24,26). The van der Waals surface area contributed by atoms with E-state index in [0.29, 0.717) is 37.7 Å². The van der Waals surface area contributed by atoms with Crippen molar-refractivity contribution in [1.29, 1.82) is 0 Å². The van der Waals surface area contributed by atoms with E-state index in [-0.39, 0.29) is 12.1 Å². The van der Waals surface area contributed by atoms with Gasteiger partial charge in [-0.05, 0) is 48.5 Å². The molecule has 0 aliphatic heterocycles. The van der Waals surface area contributed by atoms with Gasteiger partial charge in [0.2, 0.25) is 0 Å². The molecule has 9 heteroatoms. The summed E-state index contributed by atoms with van der Waals surface area (Å²) in [6, 6.07) is 14.0. The Morgan fingerprint density at radius 2 is 1.07 bits per heavy atom. The fraction of sp³-hybridized carbons (Fsp3) is 0.222. The Balaban J connectivity index is 1.49. The van der Waals surface area contributed by atoms with E-state index in [9.17, 15) is 9.59 Å². The number of urea groups is 2. The van der Waals surface area contributed by atoms with E-state index in [1.54, 1.807) is 24.3 Å². The van der Waals surface area contributed by atoms with E-state index in [0.717, 1.165) is 8.95 Å². The Bertz CT molecular complexity index is 676. The Morgan fingerprint density at radius 1 is 0.704 bits per heavy atom. The summed E-state index contributed by atoms with van der Waals surface area (Å²) in [4.78, 5) is 23.4. The molecule has 0 heterocycles. The largest absolute Gasteiger partial charge is 0.378 e. The van der Waals surface area contributed by atoms with E-state index in [1.807, 2.05) is 24.3 Å². The Labute approximate surface area is 174 Å². The molecule has 0 unspecified atom stereocenters. The fourth-order valence-electron chi connectivity index (χ4n) is 1.99. The van der Waals surface area contributed by atoms with E-state index in [4.69, 9.17) is 4.74 Å². The Kier molecular flexibility index (Phi) is 9.09. The van der Waals surface area contributed by atoms with Crippen LogP contribution in [0.15, 0.2) is 57.5 Å². The molecule has 2 rings (SSSR count). The van der Waals surface area contributed by atoms with Gasteiger partial charge < -0.3 is 26.0 Å². The van der Waals surface area contributed by atoms with Crippen LogP contribution in [0, 0.1) is 0 Å². The summed E-state index contributed by atoms with van der Waals surface area (Å²) in [6.07, 6.45) is 0. The fourth-order valence-corrected chi connectivity index (χ4v) is 2.52. The van der Waals surface area contributed by atoms with Crippen LogP contribution >= 0.6 is 31.9 Å². The van der Waals surface area contributed by atoms with E-state index in [2.05, 4.69) is 53.1 Å². The number of benzene rings is 2. The van der Waals surface area contributed by atoms with Crippen LogP contribution in [0.4, 0.5) is 21.0 Å². The Hall–Kier alpha value is -2.10. The highest BCUT2D eigenvalue weighted by Gasteiger charge is 2.02. The molecule has 0 fully saturated rings. The minimum Gasteiger partial charge on any atom is -0.378 e. The molecule has 0 aromatic heterocycles. The van der Waals surface area contributed by atoms with Crippen molar-refractivity contribution in [2.75, 3.05) is 36.9 Å². The van der Waals surface area contributed by atoms with Gasteiger partial charge in [-0.25, -0.2) is 9.59 Å². The van der Waals surface area contributed by atoms with Crippen molar-refractivity contribution < 1.29 is 14.3 Å². The molecule has 2 aromatic carbocycles. The third-order valence-corrected chi connectivity index (χ3v) is 4.33. The number of hydrogen-bond donors (Lipinski definition) is 4. The molecule has 4 amide bonds. The molecule has 144 valence electrons. The minimum atomic E-state index is -0.298. The summed E-state index contributed by atoms with van der Waals surface area (Å²) >= 11 is 6.67. The third-order valence-electron chi connectivity index (χ3n) is 3.27. The van der Waals surface area contributed by atoms with Gasteiger partial charge in [-0.2, -0.15) is 0 Å². The lowest BCUT2D eigenvalue weighted by atomic mass is 10.3. The molecule has 0 saturated carbocycles. The van der Waals surface area contributed by atoms with Crippen LogP contribution in [0.5, 0.6) is 0 Å². The number of ether oxygens (including phenoxy) is 1. The maximum Gasteiger partial charge on any atom is 0.319 e. The lowest BCUT2D eigenvalue weighted by Gasteiger charge is -2.09. The van der Waals surface area contributed by atoms with Crippen LogP contribution in [-0.4, -0.2) is 38.4 Å². The van der Waals surface area contributed by atoms with E-state index in [1.165, 1.54) is 0 Å². The molecule has 0 aliphatic carbocycles. The number of anilines is 2. The summed E-state index contributed by atoms with van der Waals surface area (Å²) in [6.45, 7) is 1.44. The van der Waals surface area contributed by atoms with Crippen molar-refractivity contribution >= 4 is 55.3 Å². The lowest BCUT2D eigenvalue weighted by molar-refractivity contribution is 0.140. The van der Waals surface area contributed by atoms with Gasteiger partial charge in [0.1, 0.15) is 0 Å². The van der Waals surface area contributed by atoms with Crippen molar-refractivity contribution in [3.05, 3.63) is 57.5 Å². The zero-order chi connectivity index (χ0) is 19.5. The molecule has 0 radical (unpaired) electrons. The number of carbonyl (C=O) groups excluding carboxylic acids is 2. The molecule has 0 aliphatic rings. The summed E-state index contributed by atoms with van der Waals surface area (Å²) in [5, 5.41) is 10.8. The number of halogens is 2. The third kappa shape index (κ3) is 8.89. The van der Waals surface area contributed by atoms with Gasteiger partial charge in [-0.3, -0.25) is 0 Å². The Morgan fingerprint density at radius 3 is 1.44 bits per heavy atom. The van der Waals surface area contributed by atoms with Crippen molar-refractivity contribution in [2.24, 2.45) is 0 Å². The molecule has 7 nitrogen and oxygen atoms in total. The van der Waals surface area contributed by atoms with Gasteiger partial charge in [-0.1, -0.05) is 31.9 Å². The quantitative estimate of drug-likeness (QED) is 0.411. The van der Waals surface area contributed by atoms with E-state index < -0.39 is 0 Å². The highest BCUT2D eigenvalue weighted by atomic mass is 79.9. The van der Waals surface area contributed by atoms with E-state index >= 15 is 0 Å². The number of nitrogens with one attached hydrogen (secondary N) is 4. The van der Waals surface area contributed by atoms with Gasteiger partial charge in [0.05, 0.1) is 13.2 Å². The number of hydrogen-bond acceptors (Lipinski definition) is 3. The van der Waals surface area contributed by atoms with Gasteiger partial charge >= 0.3 is 12.1 Å². The summed E-state index contributed by atoms with van der Waals surface area (Å²) in [7, 11) is 0. The first-order valence-corrected chi connectivity index (χ1v) is 9.80. The van der Waals surface area contributed by atoms with Gasteiger partial charge in [0.25, 0.3) is 0 Å². The predicted octanol–water partition coefficient (Wildman–Crippen LogP) is 4.17. The first kappa shape index (κ1) is 21.2. The van der Waals surface area contributed by atoms with Crippen LogP contribution in [0.2, 0.25) is 0 Å². The van der Waals surface area contributed by atoms with Crippen molar-refractivity contribution in [1.82, 2.24) is 10.6 Å². The number of amides is 4. The number of carbonyl (C=O) groups is 2. The second-order valence-corrected chi connectivity index (χ2v) is 7.22. The second kappa shape index (κ2) is 11.6. The van der Waals surface area contributed by atoms with Crippen molar-refractivity contribution in [3.8, 4) is 0 Å². The topological polar surface area (TPSA) is 91.5 Å². The lowest BCUT2D eigenvalue weighted by Crippen LogP contribution is -2.33. The zero-order valence-corrected chi connectivity index (χ0v) is 17.6. The van der Waals surface area contributed by atoms with Crippen LogP contribution in [0.1, 0.15) is 0 Å². The molecular weight excluding hydrogens is 480 g/mol. The minimum absolute atomic E-state index is 0.298. The van der Waals surface area contributed by atoms with Crippen molar-refractivity contribution in [3.63, 3.8) is 0 Å². The molecule has 0 saturated heterocycles. The molecule has 0 atom stereocenters. The maximum absolute atomic E-state index is 11.7. The first-order chi connectivity index (χ1) is 13.0. The maximum atomic E-state index is 11.7. The SMILES string of the molecule is O=C(NCCOCCNC(=O)Nc1ccc(Br)cc1)Nc1ccc(Br)cc1. The highest BCUT2D eigenvalue weighted by Crippen LogP contribution is 2.14. The van der Waals surface area contributed by atoms with Crippen LogP contribution in [0.25, 0.3) is 0 Å². The average molecular weight is 500 g/mol. The molecule has 0 spiro atoms. The van der Waals surface area contributed by atoms with Crippen LogP contribution in [0.3, 0.4) is 0 Å². The molecule has 2 aromatic rings. The summed E-state index contributed by atoms with van der Waals surface area (Å²) < 4.78 is 7.26. The number of rotatable bonds is 8. The van der Waals surface area contributed by atoms with Crippen molar-refractivity contribution in [2.45, 2.75) is 0 Å². The van der Waals surface area contributed by atoms with Gasteiger partial charge in [-0.15, -0.1) is 0 Å². The normalized spacial score (nSPS) is 10.1. The summed E-state index contributed by atoms with van der Waals surface area (Å²) in [5.41, 5.74) is 1.41. The van der Waals surface area contributed by atoms with Crippen LogP contribution < -0.4 is 21.3 Å². The van der Waals surface area contributed by atoms with Gasteiger partial charge in [0.15, 0.2) is 0 Å². The molecule has 4 N–H and O–H groups in total. The molecule has 0 bridgehead atoms.